The van der Waals surface area contributed by atoms with Gasteiger partial charge < -0.3 is 0 Å². The van der Waals surface area contributed by atoms with Crippen molar-refractivity contribution in [1.82, 2.24) is 0 Å². The number of allylic oxidation sites excluding steroid dienone is 2. The van der Waals surface area contributed by atoms with Gasteiger partial charge in [-0.1, -0.05) is 0 Å². The molecular weight excluding hydrogens is 683 g/mol. The fourth-order valence-electron chi connectivity index (χ4n) is 8.60. The Hall–Kier alpha value is -2.90. The summed E-state index contributed by atoms with van der Waals surface area (Å²) in [5.74, 6) is 1.11. The standard InChI is InChI=1S/2C18H17.C4H6.2CH3.Hf/c2*1-13(2)14-9-11-16(12-10-14)18-8-4-6-15-5-3-7-17(15)18;1-2-4-3-1;;;/h2*3-13H,1-2H3;1-3H2;2*1H3;. The molecule has 4 aromatic carbocycles. The summed E-state index contributed by atoms with van der Waals surface area (Å²) in [7, 11) is 0. The molecular formula is C42H46Hf. The van der Waals surface area contributed by atoms with E-state index in [4.69, 9.17) is 0 Å². The molecule has 0 spiro atoms. The molecule has 1 saturated carbocycles. The van der Waals surface area contributed by atoms with Gasteiger partial charge in [0.25, 0.3) is 0 Å². The third-order valence-corrected chi connectivity index (χ3v) is 38.8. The van der Waals surface area contributed by atoms with Crippen molar-refractivity contribution in [3.8, 4) is 22.3 Å². The van der Waals surface area contributed by atoms with Crippen LogP contribution < -0.4 is 0 Å². The van der Waals surface area contributed by atoms with Gasteiger partial charge in [-0.15, -0.1) is 0 Å². The Morgan fingerprint density at radius 1 is 0.558 bits per heavy atom. The average Bonchev–Trinajstić information content (AvgIpc) is 3.62. The van der Waals surface area contributed by atoms with E-state index in [1.165, 1.54) is 63.8 Å². The van der Waals surface area contributed by atoms with E-state index in [0.717, 1.165) is 0 Å². The summed E-state index contributed by atoms with van der Waals surface area (Å²) in [4.78, 5) is 0. The third-order valence-electron chi connectivity index (χ3n) is 11.6. The molecule has 0 saturated heterocycles. The molecule has 7 rings (SSSR count). The van der Waals surface area contributed by atoms with Gasteiger partial charge in [0.2, 0.25) is 0 Å². The van der Waals surface area contributed by atoms with Gasteiger partial charge in [0.05, 0.1) is 0 Å². The van der Waals surface area contributed by atoms with E-state index in [1.807, 2.05) is 3.26 Å². The summed E-state index contributed by atoms with van der Waals surface area (Å²) in [6.45, 7) is 9.10. The predicted octanol–water partition coefficient (Wildman–Crippen LogP) is 12.2. The van der Waals surface area contributed by atoms with E-state index in [2.05, 4.69) is 146 Å². The third kappa shape index (κ3) is 4.52. The first kappa shape index (κ1) is 28.8. The minimum atomic E-state index is -3.84. The Morgan fingerprint density at radius 3 is 1.33 bits per heavy atom. The van der Waals surface area contributed by atoms with Crippen LogP contribution in [-0.2, 0) is 18.0 Å². The van der Waals surface area contributed by atoms with Gasteiger partial charge in [-0.3, -0.25) is 0 Å². The van der Waals surface area contributed by atoms with E-state index in [1.54, 1.807) is 11.1 Å². The van der Waals surface area contributed by atoms with Crippen LogP contribution in [0, 0.1) is 0 Å². The molecule has 218 valence electrons. The van der Waals surface area contributed by atoms with Crippen LogP contribution in [0.2, 0.25) is 9.36 Å². The zero-order valence-electron chi connectivity index (χ0n) is 26.8. The number of hydrogen-bond donors (Lipinski definition) is 0. The minimum absolute atomic E-state index is 0.534. The molecule has 0 N–H and O–H groups in total. The van der Waals surface area contributed by atoms with E-state index in [9.17, 15) is 0 Å². The van der Waals surface area contributed by atoms with Crippen LogP contribution in [-0.4, -0.2) is 3.26 Å². The van der Waals surface area contributed by atoms with E-state index < -0.39 is 18.0 Å². The van der Waals surface area contributed by atoms with Crippen LogP contribution >= 0.6 is 0 Å². The van der Waals surface area contributed by atoms with Crippen molar-refractivity contribution < 1.29 is 18.0 Å². The van der Waals surface area contributed by atoms with Crippen LogP contribution in [0.4, 0.5) is 0 Å². The summed E-state index contributed by atoms with van der Waals surface area (Å²) >= 11 is -3.84. The number of fused-ring (bicyclic) bond motifs is 2. The second-order valence-corrected chi connectivity index (χ2v) is 40.7. The van der Waals surface area contributed by atoms with Crippen molar-refractivity contribution in [2.75, 3.05) is 0 Å². The van der Waals surface area contributed by atoms with Crippen LogP contribution in [0.25, 0.3) is 34.4 Å². The molecule has 43 heavy (non-hydrogen) atoms. The van der Waals surface area contributed by atoms with Crippen molar-refractivity contribution in [3.05, 3.63) is 130 Å². The van der Waals surface area contributed by atoms with Crippen LogP contribution in [0.5, 0.6) is 0 Å². The number of hydrogen-bond acceptors (Lipinski definition) is 0. The summed E-state index contributed by atoms with van der Waals surface area (Å²) in [6.07, 6.45) is 14.3. The Labute approximate surface area is 260 Å². The van der Waals surface area contributed by atoms with Crippen molar-refractivity contribution in [2.24, 2.45) is 0 Å². The molecule has 2 atom stereocenters. The number of rotatable bonds is 6. The van der Waals surface area contributed by atoms with E-state index >= 15 is 0 Å². The molecule has 0 aromatic heterocycles. The van der Waals surface area contributed by atoms with Gasteiger partial charge in [-0.2, -0.15) is 0 Å². The van der Waals surface area contributed by atoms with Gasteiger partial charge in [0.15, 0.2) is 0 Å². The zero-order valence-corrected chi connectivity index (χ0v) is 30.4. The van der Waals surface area contributed by atoms with E-state index in [-0.39, 0.29) is 0 Å². The van der Waals surface area contributed by atoms with Gasteiger partial charge >= 0.3 is 262 Å². The summed E-state index contributed by atoms with van der Waals surface area (Å²) < 4.78 is 8.64. The summed E-state index contributed by atoms with van der Waals surface area (Å²) in [5, 5.41) is 0. The Kier molecular flexibility index (Phi) is 7.13. The SMILES string of the molecule is CC(C)c1ccc(-c2cccc3c2C=C[CH]3[Hf]([CH3])([CH3])(=[C]2CCC2)[CH]2C=Cc3c(-c4ccc(C(C)C)cc4)cccc32)cc1. The predicted molar refractivity (Wildman–Crippen MR) is 186 cm³/mol. The number of benzene rings is 4. The first-order chi connectivity index (χ1) is 20.7. The first-order valence-corrected chi connectivity index (χ1v) is 29.7. The van der Waals surface area contributed by atoms with Gasteiger partial charge in [-0.25, -0.2) is 0 Å². The molecule has 4 aromatic rings. The van der Waals surface area contributed by atoms with Crippen molar-refractivity contribution in [1.29, 1.82) is 0 Å². The molecule has 0 bridgehead atoms. The molecule has 1 fully saturated rings. The molecule has 0 radical (unpaired) electrons. The maximum atomic E-state index is 2.81. The molecule has 0 heterocycles. The molecule has 0 amide bonds. The van der Waals surface area contributed by atoms with Gasteiger partial charge in [0, 0.05) is 0 Å². The van der Waals surface area contributed by atoms with Crippen LogP contribution in [0.3, 0.4) is 0 Å². The normalized spacial score (nSPS) is 19.2. The second kappa shape index (κ2) is 10.6. The molecule has 2 unspecified atom stereocenters. The van der Waals surface area contributed by atoms with Gasteiger partial charge in [-0.05, 0) is 0 Å². The fraction of sp³-hybridized carbons (Fsp3) is 0.310. The average molecular weight is 729 g/mol. The topological polar surface area (TPSA) is 0 Å². The monoisotopic (exact) mass is 730 g/mol. The van der Waals surface area contributed by atoms with Crippen LogP contribution in [0.1, 0.15) is 99.5 Å². The van der Waals surface area contributed by atoms with Crippen molar-refractivity contribution in [3.63, 3.8) is 0 Å². The fourth-order valence-corrected chi connectivity index (χ4v) is 33.7. The van der Waals surface area contributed by atoms with Gasteiger partial charge in [0.1, 0.15) is 0 Å². The Bertz CT molecular complexity index is 1710. The van der Waals surface area contributed by atoms with Crippen molar-refractivity contribution >= 4 is 15.4 Å². The molecule has 3 aliphatic carbocycles. The molecule has 0 nitrogen and oxygen atoms in total. The first-order valence-electron chi connectivity index (χ1n) is 16.5. The van der Waals surface area contributed by atoms with Crippen molar-refractivity contribution in [2.45, 2.75) is 75.5 Å². The summed E-state index contributed by atoms with van der Waals surface area (Å²) in [6, 6.07) is 32.9. The molecule has 0 aliphatic heterocycles. The Balaban J connectivity index is 1.33. The zero-order chi connectivity index (χ0) is 30.0. The maximum absolute atomic E-state index is 3.84. The molecule has 3 aliphatic rings. The van der Waals surface area contributed by atoms with E-state index in [0.29, 0.717) is 19.2 Å². The quantitative estimate of drug-likeness (QED) is 0.173. The Morgan fingerprint density at radius 2 is 0.977 bits per heavy atom. The summed E-state index contributed by atoms with van der Waals surface area (Å²) in [5.41, 5.74) is 14.3. The van der Waals surface area contributed by atoms with Crippen LogP contribution in [0.15, 0.2) is 97.1 Å². The second-order valence-electron chi connectivity index (χ2n) is 14.9. The molecule has 1 heteroatoms.